The van der Waals surface area contributed by atoms with Crippen LogP contribution < -0.4 is 0 Å². The molecule has 0 bridgehead atoms. The van der Waals surface area contributed by atoms with E-state index in [0.717, 1.165) is 38.5 Å². The number of hydrogen-bond donors (Lipinski definition) is 1. The first-order chi connectivity index (χ1) is 9.24. The van der Waals surface area contributed by atoms with E-state index in [1.165, 1.54) is 0 Å². The van der Waals surface area contributed by atoms with E-state index >= 15 is 0 Å². The smallest absolute Gasteiger partial charge is 0.339 e. The quantitative estimate of drug-likeness (QED) is 0.887. The van der Waals surface area contributed by atoms with Gasteiger partial charge in [-0.05, 0) is 12.1 Å². The van der Waals surface area contributed by atoms with Gasteiger partial charge >= 0.3 is 5.97 Å². The summed E-state index contributed by atoms with van der Waals surface area (Å²) in [6, 6.07) is 3.29. The van der Waals surface area contributed by atoms with E-state index < -0.39 is 5.97 Å². The van der Waals surface area contributed by atoms with Crippen LogP contribution in [0.4, 0.5) is 0 Å². The highest BCUT2D eigenvalue weighted by atomic mass is 16.5. The minimum Gasteiger partial charge on any atom is -0.478 e. The van der Waals surface area contributed by atoms with Crippen LogP contribution in [-0.4, -0.2) is 51.7 Å². The lowest BCUT2D eigenvalue weighted by Gasteiger charge is -2.25. The van der Waals surface area contributed by atoms with E-state index in [4.69, 9.17) is 9.84 Å². The number of carbonyl (C=O) groups is 1. The predicted molar refractivity (Wildman–Crippen MR) is 68.2 cm³/mol. The zero-order chi connectivity index (χ0) is 13.2. The maximum absolute atomic E-state index is 11.1. The van der Waals surface area contributed by atoms with Gasteiger partial charge in [0.1, 0.15) is 5.56 Å². The molecule has 0 aromatic carbocycles. The summed E-state index contributed by atoms with van der Waals surface area (Å²) in [7, 11) is 0. The number of aromatic nitrogens is 2. The first-order valence-electron chi connectivity index (χ1n) is 6.24. The zero-order valence-electron chi connectivity index (χ0n) is 10.5. The second-order valence-corrected chi connectivity index (χ2v) is 4.58. The molecule has 0 unspecified atom stereocenters. The summed E-state index contributed by atoms with van der Waals surface area (Å²) >= 11 is 0. The molecule has 100 valence electrons. The van der Waals surface area contributed by atoms with Crippen molar-refractivity contribution in [2.45, 2.75) is 6.54 Å². The molecule has 1 aliphatic rings. The van der Waals surface area contributed by atoms with E-state index in [9.17, 15) is 4.79 Å². The summed E-state index contributed by atoms with van der Waals surface area (Å²) in [6.45, 7) is 3.99. The largest absolute Gasteiger partial charge is 0.478 e. The van der Waals surface area contributed by atoms with Gasteiger partial charge in [-0.15, -0.1) is 0 Å². The lowest BCUT2D eigenvalue weighted by Crippen LogP contribution is -2.35. The number of ether oxygens (including phenoxy) is 1. The standard InChI is InChI=1S/C13H15N3O3/c17-13(18)11-2-1-3-16-9-10(14-12(11)16)8-15-4-6-19-7-5-15/h1-3,9H,4-8H2,(H,17,18). The van der Waals surface area contributed by atoms with E-state index in [2.05, 4.69) is 9.88 Å². The highest BCUT2D eigenvalue weighted by Gasteiger charge is 2.15. The first kappa shape index (κ1) is 12.1. The number of aromatic carboxylic acids is 1. The normalized spacial score (nSPS) is 16.8. The molecule has 6 heteroatoms. The molecule has 6 nitrogen and oxygen atoms in total. The van der Waals surface area contributed by atoms with Crippen molar-refractivity contribution in [1.29, 1.82) is 0 Å². The van der Waals surface area contributed by atoms with Crippen LogP contribution in [-0.2, 0) is 11.3 Å². The lowest BCUT2D eigenvalue weighted by atomic mass is 10.3. The van der Waals surface area contributed by atoms with Crippen molar-refractivity contribution in [3.8, 4) is 0 Å². The fourth-order valence-electron chi connectivity index (χ4n) is 2.30. The molecule has 1 aliphatic heterocycles. The Kier molecular flexibility index (Phi) is 3.18. The molecule has 1 N–H and O–H groups in total. The van der Waals surface area contributed by atoms with Crippen LogP contribution in [0.25, 0.3) is 5.65 Å². The minimum atomic E-state index is -0.950. The lowest BCUT2D eigenvalue weighted by molar-refractivity contribution is 0.0337. The Morgan fingerprint density at radius 1 is 1.42 bits per heavy atom. The summed E-state index contributed by atoms with van der Waals surface area (Å²) in [4.78, 5) is 17.8. The number of carboxylic acids is 1. The van der Waals surface area contributed by atoms with E-state index in [1.54, 1.807) is 16.5 Å². The van der Waals surface area contributed by atoms with Crippen LogP contribution in [0.2, 0.25) is 0 Å². The molecule has 0 spiro atoms. The molecule has 19 heavy (non-hydrogen) atoms. The molecule has 2 aromatic rings. The molecule has 0 saturated carbocycles. The average Bonchev–Trinajstić information content (AvgIpc) is 2.81. The Bertz CT molecular complexity index is 602. The zero-order valence-corrected chi connectivity index (χ0v) is 10.5. The van der Waals surface area contributed by atoms with Crippen LogP contribution in [0, 0.1) is 0 Å². The van der Waals surface area contributed by atoms with Crippen LogP contribution in [0.15, 0.2) is 24.5 Å². The molecule has 0 aliphatic carbocycles. The summed E-state index contributed by atoms with van der Waals surface area (Å²) in [5, 5.41) is 9.13. The third-order valence-electron chi connectivity index (χ3n) is 3.25. The fraction of sp³-hybridized carbons (Fsp3) is 0.385. The number of fused-ring (bicyclic) bond motifs is 1. The van der Waals surface area contributed by atoms with Crippen molar-refractivity contribution in [2.24, 2.45) is 0 Å². The number of imidazole rings is 1. The first-order valence-corrected chi connectivity index (χ1v) is 6.24. The maximum Gasteiger partial charge on any atom is 0.339 e. The Balaban J connectivity index is 1.88. The van der Waals surface area contributed by atoms with Gasteiger partial charge in [0.15, 0.2) is 5.65 Å². The highest BCUT2D eigenvalue weighted by molar-refractivity contribution is 5.94. The van der Waals surface area contributed by atoms with Crippen molar-refractivity contribution in [3.63, 3.8) is 0 Å². The minimum absolute atomic E-state index is 0.232. The van der Waals surface area contributed by atoms with Crippen molar-refractivity contribution in [2.75, 3.05) is 26.3 Å². The summed E-state index contributed by atoms with van der Waals surface area (Å²) in [6.07, 6.45) is 3.70. The van der Waals surface area contributed by atoms with Gasteiger partial charge in [0, 0.05) is 32.0 Å². The maximum atomic E-state index is 11.1. The summed E-state index contributed by atoms with van der Waals surface area (Å²) in [5.74, 6) is -0.950. The number of pyridine rings is 1. The van der Waals surface area contributed by atoms with Gasteiger partial charge < -0.3 is 14.2 Å². The van der Waals surface area contributed by atoms with Crippen LogP contribution in [0.3, 0.4) is 0 Å². The summed E-state index contributed by atoms with van der Waals surface area (Å²) < 4.78 is 7.07. The van der Waals surface area contributed by atoms with Crippen molar-refractivity contribution >= 4 is 11.6 Å². The highest BCUT2D eigenvalue weighted by Crippen LogP contribution is 2.13. The molecule has 0 radical (unpaired) electrons. The Morgan fingerprint density at radius 2 is 2.21 bits per heavy atom. The summed E-state index contributed by atoms with van der Waals surface area (Å²) in [5.41, 5.74) is 1.62. The Hall–Kier alpha value is -1.92. The van der Waals surface area contributed by atoms with E-state index in [1.807, 2.05) is 12.4 Å². The van der Waals surface area contributed by atoms with E-state index in [0.29, 0.717) is 5.65 Å². The Morgan fingerprint density at radius 3 is 2.95 bits per heavy atom. The van der Waals surface area contributed by atoms with Crippen molar-refractivity contribution in [3.05, 3.63) is 35.8 Å². The second kappa shape index (κ2) is 4.99. The molecular formula is C13H15N3O3. The van der Waals surface area contributed by atoms with Crippen LogP contribution in [0.5, 0.6) is 0 Å². The Labute approximate surface area is 110 Å². The molecule has 3 heterocycles. The third-order valence-corrected chi connectivity index (χ3v) is 3.25. The molecule has 1 saturated heterocycles. The average molecular weight is 261 g/mol. The monoisotopic (exact) mass is 261 g/mol. The number of morpholine rings is 1. The fourth-order valence-corrected chi connectivity index (χ4v) is 2.30. The SMILES string of the molecule is O=C(O)c1cccn2cc(CN3CCOCC3)nc12. The van der Waals surface area contributed by atoms with E-state index in [-0.39, 0.29) is 5.56 Å². The number of hydrogen-bond acceptors (Lipinski definition) is 4. The number of carboxylic acid groups (broad SMARTS) is 1. The van der Waals surface area contributed by atoms with Gasteiger partial charge in [0.05, 0.1) is 18.9 Å². The van der Waals surface area contributed by atoms with Gasteiger partial charge in [-0.25, -0.2) is 9.78 Å². The molecule has 0 atom stereocenters. The molecular weight excluding hydrogens is 246 g/mol. The predicted octanol–water partition coefficient (Wildman–Crippen LogP) is 0.865. The van der Waals surface area contributed by atoms with Crippen LogP contribution in [0.1, 0.15) is 16.1 Å². The van der Waals surface area contributed by atoms with Gasteiger partial charge in [-0.2, -0.15) is 0 Å². The van der Waals surface area contributed by atoms with Crippen molar-refractivity contribution < 1.29 is 14.6 Å². The van der Waals surface area contributed by atoms with Gasteiger partial charge in [0.25, 0.3) is 0 Å². The number of rotatable bonds is 3. The molecule has 1 fully saturated rings. The second-order valence-electron chi connectivity index (χ2n) is 4.58. The van der Waals surface area contributed by atoms with Crippen LogP contribution >= 0.6 is 0 Å². The van der Waals surface area contributed by atoms with Gasteiger partial charge in [-0.3, -0.25) is 4.90 Å². The van der Waals surface area contributed by atoms with Gasteiger partial charge in [-0.1, -0.05) is 0 Å². The topological polar surface area (TPSA) is 67.1 Å². The molecule has 2 aromatic heterocycles. The molecule has 3 rings (SSSR count). The van der Waals surface area contributed by atoms with Gasteiger partial charge in [0.2, 0.25) is 0 Å². The number of nitrogens with zero attached hydrogens (tertiary/aromatic N) is 3. The molecule has 0 amide bonds. The van der Waals surface area contributed by atoms with Crippen molar-refractivity contribution in [1.82, 2.24) is 14.3 Å². The third kappa shape index (κ3) is 2.45.